The van der Waals surface area contributed by atoms with E-state index in [0.717, 1.165) is 5.56 Å². The van der Waals surface area contributed by atoms with E-state index in [4.69, 9.17) is 15.2 Å². The molecule has 1 aliphatic rings. The van der Waals surface area contributed by atoms with Gasteiger partial charge in [0, 0.05) is 12.0 Å². The quantitative estimate of drug-likeness (QED) is 0.878. The van der Waals surface area contributed by atoms with Crippen molar-refractivity contribution in [3.8, 4) is 5.75 Å². The van der Waals surface area contributed by atoms with Crippen LogP contribution in [0.1, 0.15) is 17.5 Å². The molecule has 1 heterocycles. The Labute approximate surface area is 123 Å². The first-order chi connectivity index (χ1) is 10.2. The summed E-state index contributed by atoms with van der Waals surface area (Å²) in [6.07, 6.45) is 0.414. The Balaban J connectivity index is 1.78. The van der Waals surface area contributed by atoms with Gasteiger partial charge < -0.3 is 15.2 Å². The highest BCUT2D eigenvalue weighted by atomic mass is 16.5. The van der Waals surface area contributed by atoms with E-state index in [2.05, 4.69) is 0 Å². The molecule has 0 saturated heterocycles. The van der Waals surface area contributed by atoms with Gasteiger partial charge in [0.05, 0.1) is 6.61 Å². The number of nitrogens with two attached hydrogens (primary N) is 1. The molecule has 1 unspecified atom stereocenters. The third kappa shape index (κ3) is 2.62. The molecule has 0 amide bonds. The molecule has 2 aromatic rings. The Hall–Kier alpha value is -2.33. The van der Waals surface area contributed by atoms with Crippen molar-refractivity contribution < 1.29 is 14.3 Å². The minimum Gasteiger partial charge on any atom is -0.493 e. The van der Waals surface area contributed by atoms with E-state index in [-0.39, 0.29) is 6.61 Å². The first kappa shape index (κ1) is 13.6. The third-order valence-corrected chi connectivity index (χ3v) is 3.70. The molecular weight excluding hydrogens is 266 g/mol. The largest absolute Gasteiger partial charge is 0.493 e. The van der Waals surface area contributed by atoms with E-state index in [0.29, 0.717) is 24.3 Å². The molecule has 0 saturated carbocycles. The molecule has 108 valence electrons. The predicted molar refractivity (Wildman–Crippen MR) is 78.7 cm³/mol. The molecular formula is C17H17NO3. The van der Waals surface area contributed by atoms with E-state index in [9.17, 15) is 4.79 Å². The van der Waals surface area contributed by atoms with Crippen LogP contribution in [0.5, 0.6) is 5.75 Å². The molecule has 3 rings (SSSR count). The van der Waals surface area contributed by atoms with Crippen LogP contribution in [-0.4, -0.2) is 12.6 Å². The minimum atomic E-state index is -1.14. The molecule has 1 aliphatic heterocycles. The summed E-state index contributed by atoms with van der Waals surface area (Å²) < 4.78 is 11.0. The number of rotatable bonds is 3. The highest BCUT2D eigenvalue weighted by Crippen LogP contribution is 2.35. The molecule has 0 fully saturated rings. The number of para-hydroxylation sites is 1. The predicted octanol–water partition coefficient (Wildman–Crippen LogP) is 2.37. The summed E-state index contributed by atoms with van der Waals surface area (Å²) in [5, 5.41) is 0. The van der Waals surface area contributed by atoms with Crippen LogP contribution in [0.3, 0.4) is 0 Å². The van der Waals surface area contributed by atoms with Crippen molar-refractivity contribution in [3.63, 3.8) is 0 Å². The molecule has 2 N–H and O–H groups in total. The summed E-state index contributed by atoms with van der Waals surface area (Å²) in [4.78, 5) is 12.5. The number of fused-ring (bicyclic) bond motifs is 1. The van der Waals surface area contributed by atoms with Gasteiger partial charge in [-0.1, -0.05) is 48.5 Å². The minimum absolute atomic E-state index is 0.224. The van der Waals surface area contributed by atoms with Gasteiger partial charge in [0.2, 0.25) is 0 Å². The van der Waals surface area contributed by atoms with E-state index in [1.54, 1.807) is 0 Å². The molecule has 1 atom stereocenters. The van der Waals surface area contributed by atoms with E-state index >= 15 is 0 Å². The maximum absolute atomic E-state index is 12.5. The number of hydrogen-bond donors (Lipinski definition) is 1. The molecule has 0 aromatic heterocycles. The molecule has 4 nitrogen and oxygen atoms in total. The number of hydrogen-bond acceptors (Lipinski definition) is 4. The fraction of sp³-hybridized carbons (Fsp3) is 0.235. The molecule has 21 heavy (non-hydrogen) atoms. The molecule has 2 aromatic carbocycles. The first-order valence-corrected chi connectivity index (χ1v) is 6.92. The lowest BCUT2D eigenvalue weighted by Gasteiger charge is -2.33. The maximum Gasteiger partial charge on any atom is 0.331 e. The molecule has 4 heteroatoms. The van der Waals surface area contributed by atoms with Gasteiger partial charge in [0.25, 0.3) is 0 Å². The van der Waals surface area contributed by atoms with Crippen molar-refractivity contribution >= 4 is 5.97 Å². The zero-order valence-corrected chi connectivity index (χ0v) is 11.6. The number of ether oxygens (including phenoxy) is 2. The Bertz CT molecular complexity index is 641. The van der Waals surface area contributed by atoms with Crippen molar-refractivity contribution in [1.29, 1.82) is 0 Å². The lowest BCUT2D eigenvalue weighted by atomic mass is 9.85. The van der Waals surface area contributed by atoms with E-state index in [1.807, 2.05) is 54.6 Å². The lowest BCUT2D eigenvalue weighted by Crippen LogP contribution is -2.49. The maximum atomic E-state index is 12.5. The Morgan fingerprint density at radius 1 is 1.14 bits per heavy atom. The zero-order chi connectivity index (χ0) is 14.7. The molecule has 0 bridgehead atoms. The van der Waals surface area contributed by atoms with Gasteiger partial charge in [-0.05, 0) is 11.6 Å². The van der Waals surface area contributed by atoms with Crippen molar-refractivity contribution in [2.45, 2.75) is 18.6 Å². The topological polar surface area (TPSA) is 61.6 Å². The van der Waals surface area contributed by atoms with Crippen LogP contribution in [0, 0.1) is 0 Å². The zero-order valence-electron chi connectivity index (χ0n) is 11.6. The summed E-state index contributed by atoms with van der Waals surface area (Å²) in [6.45, 7) is 0.635. The first-order valence-electron chi connectivity index (χ1n) is 6.92. The Kier molecular flexibility index (Phi) is 3.62. The van der Waals surface area contributed by atoms with Crippen molar-refractivity contribution in [3.05, 3.63) is 65.7 Å². The second kappa shape index (κ2) is 5.58. The van der Waals surface area contributed by atoms with E-state index in [1.165, 1.54) is 0 Å². The summed E-state index contributed by atoms with van der Waals surface area (Å²) in [6, 6.07) is 16.9. The van der Waals surface area contributed by atoms with Gasteiger partial charge in [-0.15, -0.1) is 0 Å². The standard InChI is InChI=1S/C17H17NO3/c18-17(10-11-20-15-9-5-4-8-14(15)17)16(19)21-12-13-6-2-1-3-7-13/h1-9H,10-12,18H2. The van der Waals surface area contributed by atoms with E-state index < -0.39 is 11.5 Å². The fourth-order valence-electron chi connectivity index (χ4n) is 2.48. The van der Waals surface area contributed by atoms with Crippen LogP contribution < -0.4 is 10.5 Å². The van der Waals surface area contributed by atoms with Crippen LogP contribution in [0.2, 0.25) is 0 Å². The average Bonchev–Trinajstić information content (AvgIpc) is 2.54. The number of benzene rings is 2. The monoisotopic (exact) mass is 283 g/mol. The van der Waals surface area contributed by atoms with Crippen LogP contribution in [0.15, 0.2) is 54.6 Å². The highest BCUT2D eigenvalue weighted by molar-refractivity contribution is 5.83. The average molecular weight is 283 g/mol. The Morgan fingerprint density at radius 2 is 1.86 bits per heavy atom. The second-order valence-corrected chi connectivity index (χ2v) is 5.13. The van der Waals surface area contributed by atoms with Gasteiger partial charge in [-0.25, -0.2) is 4.79 Å². The van der Waals surface area contributed by atoms with Gasteiger partial charge in [-0.3, -0.25) is 0 Å². The fourth-order valence-corrected chi connectivity index (χ4v) is 2.48. The summed E-state index contributed by atoms with van der Waals surface area (Å²) in [5.74, 6) is 0.241. The van der Waals surface area contributed by atoms with Gasteiger partial charge >= 0.3 is 5.97 Å². The van der Waals surface area contributed by atoms with Crippen molar-refractivity contribution in [2.75, 3.05) is 6.61 Å². The SMILES string of the molecule is NC1(C(=O)OCc2ccccc2)CCOc2ccccc21. The van der Waals surface area contributed by atoms with Gasteiger partial charge in [-0.2, -0.15) is 0 Å². The van der Waals surface area contributed by atoms with Crippen LogP contribution in [0.25, 0.3) is 0 Å². The summed E-state index contributed by atoms with van der Waals surface area (Å²) in [7, 11) is 0. The third-order valence-electron chi connectivity index (χ3n) is 3.70. The van der Waals surface area contributed by atoms with Crippen molar-refractivity contribution in [2.24, 2.45) is 5.73 Å². The molecule has 0 radical (unpaired) electrons. The van der Waals surface area contributed by atoms with Crippen LogP contribution in [-0.2, 0) is 21.7 Å². The number of carbonyl (C=O) groups is 1. The number of esters is 1. The highest BCUT2D eigenvalue weighted by Gasteiger charge is 2.42. The molecule has 0 spiro atoms. The summed E-state index contributed by atoms with van der Waals surface area (Å²) >= 11 is 0. The molecule has 0 aliphatic carbocycles. The Morgan fingerprint density at radius 3 is 2.67 bits per heavy atom. The summed E-state index contributed by atoms with van der Waals surface area (Å²) in [5.41, 5.74) is 6.82. The van der Waals surface area contributed by atoms with Crippen molar-refractivity contribution in [1.82, 2.24) is 0 Å². The second-order valence-electron chi connectivity index (χ2n) is 5.13. The van der Waals surface area contributed by atoms with Gasteiger partial charge in [0.1, 0.15) is 17.9 Å². The van der Waals surface area contributed by atoms with Crippen LogP contribution in [0.4, 0.5) is 0 Å². The smallest absolute Gasteiger partial charge is 0.331 e. The lowest BCUT2D eigenvalue weighted by molar-refractivity contribution is -0.153. The number of carbonyl (C=O) groups excluding carboxylic acids is 1. The van der Waals surface area contributed by atoms with Crippen LogP contribution >= 0.6 is 0 Å². The normalized spacial score (nSPS) is 20.2. The van der Waals surface area contributed by atoms with Gasteiger partial charge in [0.15, 0.2) is 0 Å².